The fourth-order valence-corrected chi connectivity index (χ4v) is 2.64. The van der Waals surface area contributed by atoms with Crippen LogP contribution in [0.2, 0.25) is 10.2 Å². The Morgan fingerprint density at radius 1 is 1.14 bits per heavy atom. The van der Waals surface area contributed by atoms with E-state index in [2.05, 4.69) is 25.9 Å². The molecule has 0 unspecified atom stereocenters. The van der Waals surface area contributed by atoms with Gasteiger partial charge in [0.15, 0.2) is 5.96 Å². The van der Waals surface area contributed by atoms with Crippen molar-refractivity contribution >= 4 is 64.7 Å². The SMILES string of the molecule is CN=C(NCCC(=O)Nc1cccc(Cl)c1C)NCCc1ccc(Cl)nc1.I. The van der Waals surface area contributed by atoms with Crippen LogP contribution in [-0.4, -0.2) is 37.0 Å². The maximum Gasteiger partial charge on any atom is 0.226 e. The molecule has 0 atom stereocenters. The lowest BCUT2D eigenvalue weighted by Crippen LogP contribution is -2.39. The van der Waals surface area contributed by atoms with E-state index in [0.717, 1.165) is 23.2 Å². The van der Waals surface area contributed by atoms with Crippen molar-refractivity contribution in [2.24, 2.45) is 4.99 Å². The zero-order chi connectivity index (χ0) is 19.6. The Bertz CT molecular complexity index is 799. The molecule has 9 heteroatoms. The van der Waals surface area contributed by atoms with Crippen molar-refractivity contribution in [2.45, 2.75) is 19.8 Å². The lowest BCUT2D eigenvalue weighted by Gasteiger charge is -2.13. The number of nitrogens with zero attached hydrogens (tertiary/aromatic N) is 2. The first-order valence-corrected chi connectivity index (χ1v) is 9.35. The van der Waals surface area contributed by atoms with E-state index in [1.165, 1.54) is 0 Å². The van der Waals surface area contributed by atoms with Gasteiger partial charge in [-0.05, 0) is 42.7 Å². The fraction of sp³-hybridized carbons (Fsp3) is 0.316. The first-order chi connectivity index (χ1) is 13.0. The van der Waals surface area contributed by atoms with Gasteiger partial charge in [-0.15, -0.1) is 24.0 Å². The monoisotopic (exact) mass is 535 g/mol. The van der Waals surface area contributed by atoms with Crippen molar-refractivity contribution in [2.75, 3.05) is 25.5 Å². The van der Waals surface area contributed by atoms with Crippen LogP contribution in [0.1, 0.15) is 17.5 Å². The second-order valence-electron chi connectivity index (χ2n) is 5.88. The van der Waals surface area contributed by atoms with Gasteiger partial charge in [0.25, 0.3) is 0 Å². The number of amides is 1. The van der Waals surface area contributed by atoms with Crippen molar-refractivity contribution in [1.29, 1.82) is 0 Å². The van der Waals surface area contributed by atoms with Crippen LogP contribution in [0, 0.1) is 6.92 Å². The van der Waals surface area contributed by atoms with Crippen molar-refractivity contribution in [3.8, 4) is 0 Å². The van der Waals surface area contributed by atoms with Gasteiger partial charge in [0, 0.05) is 43.5 Å². The number of halogens is 3. The minimum absolute atomic E-state index is 0. The number of hydrogen-bond acceptors (Lipinski definition) is 3. The van der Waals surface area contributed by atoms with Crippen LogP contribution in [-0.2, 0) is 11.2 Å². The molecule has 1 heterocycles. The molecule has 0 aliphatic heterocycles. The third-order valence-electron chi connectivity index (χ3n) is 3.90. The molecule has 0 aliphatic rings. The molecular weight excluding hydrogens is 512 g/mol. The quantitative estimate of drug-likeness (QED) is 0.216. The lowest BCUT2D eigenvalue weighted by molar-refractivity contribution is -0.116. The number of aliphatic imine (C=N–C) groups is 1. The van der Waals surface area contributed by atoms with Crippen LogP contribution < -0.4 is 16.0 Å². The zero-order valence-electron chi connectivity index (χ0n) is 15.8. The smallest absolute Gasteiger partial charge is 0.226 e. The largest absolute Gasteiger partial charge is 0.356 e. The van der Waals surface area contributed by atoms with E-state index >= 15 is 0 Å². The van der Waals surface area contributed by atoms with Crippen molar-refractivity contribution in [1.82, 2.24) is 15.6 Å². The predicted molar refractivity (Wildman–Crippen MR) is 127 cm³/mol. The first-order valence-electron chi connectivity index (χ1n) is 8.59. The molecule has 152 valence electrons. The molecule has 2 aromatic rings. The molecule has 0 saturated carbocycles. The second-order valence-corrected chi connectivity index (χ2v) is 6.67. The Morgan fingerprint density at radius 3 is 2.57 bits per heavy atom. The summed E-state index contributed by atoms with van der Waals surface area (Å²) in [7, 11) is 1.69. The molecule has 0 fully saturated rings. The van der Waals surface area contributed by atoms with Crippen LogP contribution >= 0.6 is 47.2 Å². The van der Waals surface area contributed by atoms with Crippen LogP contribution in [0.5, 0.6) is 0 Å². The summed E-state index contributed by atoms with van der Waals surface area (Å²) in [6.45, 7) is 3.03. The standard InChI is InChI=1S/C19H23Cl2N5O.HI/c1-13-15(20)4-3-5-16(13)26-18(27)9-11-24-19(22-2)23-10-8-14-6-7-17(21)25-12-14;/h3-7,12H,8-11H2,1-2H3,(H,26,27)(H2,22,23,24);1H. The molecular formula is C19H24Cl2IN5O. The maximum absolute atomic E-state index is 12.1. The number of carbonyl (C=O) groups is 1. The molecule has 0 radical (unpaired) electrons. The van der Waals surface area contributed by atoms with Gasteiger partial charge in [-0.2, -0.15) is 0 Å². The van der Waals surface area contributed by atoms with Crippen LogP contribution in [0.4, 0.5) is 5.69 Å². The minimum Gasteiger partial charge on any atom is -0.356 e. The third-order valence-corrected chi connectivity index (χ3v) is 4.54. The molecule has 6 nitrogen and oxygen atoms in total. The van der Waals surface area contributed by atoms with E-state index in [1.54, 1.807) is 25.4 Å². The highest BCUT2D eigenvalue weighted by Gasteiger charge is 2.07. The average molecular weight is 536 g/mol. The number of carbonyl (C=O) groups excluding carboxylic acids is 1. The van der Waals surface area contributed by atoms with Gasteiger partial charge in [0.1, 0.15) is 5.15 Å². The normalized spacial score (nSPS) is 10.8. The predicted octanol–water partition coefficient (Wildman–Crippen LogP) is 4.05. The first kappa shape index (κ1) is 24.5. The highest BCUT2D eigenvalue weighted by Crippen LogP contribution is 2.22. The van der Waals surface area contributed by atoms with Crippen molar-refractivity contribution in [3.63, 3.8) is 0 Å². The van der Waals surface area contributed by atoms with E-state index in [9.17, 15) is 4.79 Å². The Morgan fingerprint density at radius 2 is 1.89 bits per heavy atom. The molecule has 1 aromatic heterocycles. The van der Waals surface area contributed by atoms with Gasteiger partial charge in [0.05, 0.1) is 0 Å². The minimum atomic E-state index is -0.0874. The van der Waals surface area contributed by atoms with E-state index in [0.29, 0.717) is 35.6 Å². The van der Waals surface area contributed by atoms with E-state index < -0.39 is 0 Å². The summed E-state index contributed by atoms with van der Waals surface area (Å²) in [6, 6.07) is 9.15. The average Bonchev–Trinajstić information content (AvgIpc) is 2.65. The lowest BCUT2D eigenvalue weighted by atomic mass is 10.2. The number of hydrogen-bond donors (Lipinski definition) is 3. The summed E-state index contributed by atoms with van der Waals surface area (Å²) in [4.78, 5) is 20.3. The summed E-state index contributed by atoms with van der Waals surface area (Å²) < 4.78 is 0. The molecule has 2 rings (SSSR count). The topological polar surface area (TPSA) is 78.4 Å². The van der Waals surface area contributed by atoms with E-state index in [1.807, 2.05) is 25.1 Å². The number of anilines is 1. The second kappa shape index (κ2) is 12.8. The molecule has 0 bridgehead atoms. The summed E-state index contributed by atoms with van der Waals surface area (Å²) in [6.07, 6.45) is 2.86. The summed E-state index contributed by atoms with van der Waals surface area (Å²) in [5.41, 5.74) is 2.67. The Hall–Kier alpha value is -1.58. The van der Waals surface area contributed by atoms with Gasteiger partial charge < -0.3 is 16.0 Å². The number of aromatic nitrogens is 1. The number of benzene rings is 1. The summed E-state index contributed by atoms with van der Waals surface area (Å²) in [5, 5.41) is 10.3. The Labute approximate surface area is 192 Å². The molecule has 1 aromatic carbocycles. The molecule has 0 saturated heterocycles. The molecule has 0 spiro atoms. The zero-order valence-corrected chi connectivity index (χ0v) is 19.6. The molecule has 28 heavy (non-hydrogen) atoms. The van der Waals surface area contributed by atoms with Gasteiger partial charge in [0.2, 0.25) is 5.91 Å². The number of guanidine groups is 1. The van der Waals surface area contributed by atoms with Crippen molar-refractivity contribution < 1.29 is 4.79 Å². The van der Waals surface area contributed by atoms with Gasteiger partial charge >= 0.3 is 0 Å². The van der Waals surface area contributed by atoms with Crippen LogP contribution in [0.25, 0.3) is 0 Å². The van der Waals surface area contributed by atoms with Gasteiger partial charge in [-0.25, -0.2) is 4.98 Å². The summed E-state index contributed by atoms with van der Waals surface area (Å²) >= 11 is 11.8. The summed E-state index contributed by atoms with van der Waals surface area (Å²) in [5.74, 6) is 0.555. The highest BCUT2D eigenvalue weighted by atomic mass is 127. The van der Waals surface area contributed by atoms with Crippen molar-refractivity contribution in [3.05, 3.63) is 57.8 Å². The number of rotatable bonds is 7. The fourth-order valence-electron chi connectivity index (χ4n) is 2.35. The maximum atomic E-state index is 12.1. The Balaban J connectivity index is 0.00000392. The Kier molecular flexibility index (Phi) is 11.2. The number of nitrogens with one attached hydrogen (secondary N) is 3. The third kappa shape index (κ3) is 8.20. The molecule has 1 amide bonds. The molecule has 0 aliphatic carbocycles. The van der Waals surface area contributed by atoms with E-state index in [4.69, 9.17) is 23.2 Å². The van der Waals surface area contributed by atoms with E-state index in [-0.39, 0.29) is 29.9 Å². The molecule has 3 N–H and O–H groups in total. The van der Waals surface area contributed by atoms with Gasteiger partial charge in [-0.1, -0.05) is 35.3 Å². The van der Waals surface area contributed by atoms with Crippen LogP contribution in [0.3, 0.4) is 0 Å². The van der Waals surface area contributed by atoms with Crippen LogP contribution in [0.15, 0.2) is 41.5 Å². The number of pyridine rings is 1. The highest BCUT2D eigenvalue weighted by molar-refractivity contribution is 14.0. The van der Waals surface area contributed by atoms with Gasteiger partial charge in [-0.3, -0.25) is 9.79 Å².